The van der Waals surface area contributed by atoms with Crippen molar-refractivity contribution in [2.75, 3.05) is 6.61 Å². The molecule has 264 valence electrons. The lowest BCUT2D eigenvalue weighted by Crippen LogP contribution is -2.53. The first-order chi connectivity index (χ1) is 21.5. The molecule has 6 nitrogen and oxygen atoms in total. The molecule has 44 heavy (non-hydrogen) atoms. The van der Waals surface area contributed by atoms with Crippen LogP contribution < -0.4 is 5.32 Å². The molecule has 4 atom stereocenters. The number of rotatable bonds is 35. The Bertz CT molecular complexity index is 590. The van der Waals surface area contributed by atoms with E-state index in [0.29, 0.717) is 12.8 Å². The fourth-order valence-electron chi connectivity index (χ4n) is 6.15. The minimum Gasteiger partial charge on any atom is -0.394 e. The molecule has 0 aromatic carbocycles. The largest absolute Gasteiger partial charge is 0.394 e. The molecule has 0 spiro atoms. The summed E-state index contributed by atoms with van der Waals surface area (Å²) in [5.41, 5.74) is 0. The molecular weight excluding hydrogens is 550 g/mol. The fourth-order valence-corrected chi connectivity index (χ4v) is 6.15. The minimum absolute atomic E-state index is 0.373. The van der Waals surface area contributed by atoms with Gasteiger partial charge in [0.2, 0.25) is 5.91 Å². The monoisotopic (exact) mass is 628 g/mol. The lowest BCUT2D eigenvalue weighted by atomic mass is 10.0. The molecule has 0 bridgehead atoms. The Kier molecular flexibility index (Phi) is 33.1. The van der Waals surface area contributed by atoms with Crippen LogP contribution in [0.25, 0.3) is 0 Å². The topological polar surface area (TPSA) is 110 Å². The van der Waals surface area contributed by atoms with E-state index in [1.807, 2.05) is 6.92 Å². The molecule has 0 radical (unpaired) electrons. The Morgan fingerprint density at radius 3 is 1.11 bits per heavy atom. The molecule has 0 aliphatic heterocycles. The van der Waals surface area contributed by atoms with Gasteiger partial charge in [-0.05, 0) is 12.8 Å². The molecule has 0 aliphatic rings. The summed E-state index contributed by atoms with van der Waals surface area (Å²) in [4.78, 5) is 12.3. The predicted molar refractivity (Wildman–Crippen MR) is 187 cm³/mol. The predicted octanol–water partition coefficient (Wildman–Crippen LogP) is 9.29. The molecule has 0 fully saturated rings. The lowest BCUT2D eigenvalue weighted by Gasteiger charge is -2.27. The molecule has 0 saturated carbocycles. The fraction of sp³-hybridized carbons (Fsp3) is 0.974. The van der Waals surface area contributed by atoms with E-state index in [0.717, 1.165) is 32.1 Å². The van der Waals surface area contributed by atoms with Gasteiger partial charge in [0.25, 0.3) is 0 Å². The first-order valence-corrected chi connectivity index (χ1v) is 19.4. The summed E-state index contributed by atoms with van der Waals surface area (Å²) in [6, 6.07) is -0.974. The Balaban J connectivity index is 3.43. The summed E-state index contributed by atoms with van der Waals surface area (Å²) in [7, 11) is 0. The number of hydrogen-bond acceptors (Lipinski definition) is 5. The molecule has 0 aromatic heterocycles. The molecule has 0 rings (SSSR count). The van der Waals surface area contributed by atoms with Crippen molar-refractivity contribution in [3.8, 4) is 0 Å². The smallest absolute Gasteiger partial charge is 0.249 e. The van der Waals surface area contributed by atoms with Gasteiger partial charge in [-0.15, -0.1) is 0 Å². The number of carbonyl (C=O) groups is 1. The summed E-state index contributed by atoms with van der Waals surface area (Å²) < 4.78 is 0. The van der Waals surface area contributed by atoms with E-state index in [2.05, 4.69) is 12.2 Å². The van der Waals surface area contributed by atoms with Crippen molar-refractivity contribution in [1.29, 1.82) is 0 Å². The van der Waals surface area contributed by atoms with E-state index >= 15 is 0 Å². The second kappa shape index (κ2) is 33.7. The summed E-state index contributed by atoms with van der Waals surface area (Å²) >= 11 is 0. The summed E-state index contributed by atoms with van der Waals surface area (Å²) in [6.45, 7) is 3.80. The number of aliphatic hydroxyl groups is 4. The third-order valence-corrected chi connectivity index (χ3v) is 9.32. The van der Waals surface area contributed by atoms with Crippen molar-refractivity contribution in [2.45, 2.75) is 231 Å². The minimum atomic E-state index is -1.25. The van der Waals surface area contributed by atoms with Gasteiger partial charge < -0.3 is 25.7 Å². The van der Waals surface area contributed by atoms with Crippen molar-refractivity contribution in [1.82, 2.24) is 5.32 Å². The van der Waals surface area contributed by atoms with Gasteiger partial charge in [-0.1, -0.05) is 194 Å². The summed E-state index contributed by atoms with van der Waals surface area (Å²) in [5.74, 6) is -0.592. The molecule has 6 heteroatoms. The first-order valence-electron chi connectivity index (χ1n) is 19.4. The Hall–Kier alpha value is -0.690. The van der Waals surface area contributed by atoms with E-state index in [1.54, 1.807) is 0 Å². The average Bonchev–Trinajstić information content (AvgIpc) is 3.03. The molecule has 1 amide bonds. The average molecular weight is 628 g/mol. The van der Waals surface area contributed by atoms with Crippen LogP contribution in [0.1, 0.15) is 206 Å². The van der Waals surface area contributed by atoms with Crippen LogP contribution in [0.2, 0.25) is 0 Å². The summed E-state index contributed by atoms with van der Waals surface area (Å²) in [5, 5.41) is 42.4. The van der Waals surface area contributed by atoms with Crippen LogP contribution in [0.15, 0.2) is 0 Å². The first kappa shape index (κ1) is 43.3. The van der Waals surface area contributed by atoms with Crippen molar-refractivity contribution in [2.24, 2.45) is 0 Å². The van der Waals surface area contributed by atoms with E-state index < -0.39 is 36.9 Å². The van der Waals surface area contributed by atoms with Crippen molar-refractivity contribution >= 4 is 5.91 Å². The maximum Gasteiger partial charge on any atom is 0.249 e. The number of amides is 1. The highest BCUT2D eigenvalue weighted by atomic mass is 16.3. The van der Waals surface area contributed by atoms with E-state index in [-0.39, 0.29) is 0 Å². The van der Waals surface area contributed by atoms with E-state index in [1.165, 1.54) is 148 Å². The van der Waals surface area contributed by atoms with Gasteiger partial charge in [0.15, 0.2) is 0 Å². The van der Waals surface area contributed by atoms with Crippen LogP contribution in [-0.2, 0) is 4.79 Å². The van der Waals surface area contributed by atoms with E-state index in [4.69, 9.17) is 0 Å². The third kappa shape index (κ3) is 27.6. The number of unbranched alkanes of at least 4 members (excludes halogenated alkanes) is 26. The maximum absolute atomic E-state index is 12.3. The highest BCUT2D eigenvalue weighted by Crippen LogP contribution is 2.16. The molecule has 4 unspecified atom stereocenters. The van der Waals surface area contributed by atoms with Gasteiger partial charge in [-0.25, -0.2) is 0 Å². The van der Waals surface area contributed by atoms with Crippen LogP contribution in [0.4, 0.5) is 0 Å². The molecular formula is C38H77NO5. The van der Waals surface area contributed by atoms with Crippen molar-refractivity contribution in [3.05, 3.63) is 0 Å². The summed E-state index contributed by atoms with van der Waals surface area (Å²) in [6.07, 6.45) is 34.1. The van der Waals surface area contributed by atoms with Crippen LogP contribution in [0.3, 0.4) is 0 Å². The zero-order chi connectivity index (χ0) is 32.5. The standard InChI is InChI=1S/C38H77NO5/c1-3-5-7-8-9-10-11-12-13-14-15-16-17-18-19-20-21-22-23-24-25-26-27-28-29-30-32-36(42)38(44)39-34(33-40)37(43)35(41)31-6-4-2/h34-37,40-43H,3-33H2,1-2H3,(H,39,44). The zero-order valence-corrected chi connectivity index (χ0v) is 29.4. The number of aliphatic hydroxyl groups excluding tert-OH is 4. The maximum atomic E-state index is 12.3. The second-order valence-electron chi connectivity index (χ2n) is 13.6. The van der Waals surface area contributed by atoms with Crippen molar-refractivity contribution < 1.29 is 25.2 Å². The molecule has 0 saturated heterocycles. The Labute approximate surface area is 273 Å². The third-order valence-electron chi connectivity index (χ3n) is 9.32. The quantitative estimate of drug-likeness (QED) is 0.0450. The highest BCUT2D eigenvalue weighted by Gasteiger charge is 2.28. The number of nitrogens with one attached hydrogen (secondary N) is 1. The van der Waals surface area contributed by atoms with Gasteiger partial charge in [-0.2, -0.15) is 0 Å². The van der Waals surface area contributed by atoms with Gasteiger partial charge in [0, 0.05) is 0 Å². The van der Waals surface area contributed by atoms with Crippen LogP contribution in [0, 0.1) is 0 Å². The normalized spacial score (nSPS) is 14.4. The molecule has 0 aliphatic carbocycles. The van der Waals surface area contributed by atoms with Gasteiger partial charge in [0.1, 0.15) is 12.2 Å². The number of carbonyl (C=O) groups excluding carboxylic acids is 1. The molecule has 0 aromatic rings. The van der Waals surface area contributed by atoms with Gasteiger partial charge in [-0.3, -0.25) is 4.79 Å². The number of hydrogen-bond donors (Lipinski definition) is 5. The van der Waals surface area contributed by atoms with Crippen molar-refractivity contribution in [3.63, 3.8) is 0 Å². The van der Waals surface area contributed by atoms with Crippen LogP contribution in [0.5, 0.6) is 0 Å². The Morgan fingerprint density at radius 2 is 0.795 bits per heavy atom. The SMILES string of the molecule is CCCCCCCCCCCCCCCCCCCCCCCCCCCCC(O)C(=O)NC(CO)C(O)C(O)CCCC. The highest BCUT2D eigenvalue weighted by molar-refractivity contribution is 5.80. The molecule has 5 N–H and O–H groups in total. The van der Waals surface area contributed by atoms with E-state index in [9.17, 15) is 25.2 Å². The zero-order valence-electron chi connectivity index (χ0n) is 29.4. The second-order valence-corrected chi connectivity index (χ2v) is 13.6. The van der Waals surface area contributed by atoms with Crippen LogP contribution >= 0.6 is 0 Å². The molecule has 0 heterocycles. The van der Waals surface area contributed by atoms with Gasteiger partial charge in [0.05, 0.1) is 18.8 Å². The Morgan fingerprint density at radius 1 is 0.477 bits per heavy atom. The lowest BCUT2D eigenvalue weighted by molar-refractivity contribution is -0.132. The van der Waals surface area contributed by atoms with Crippen LogP contribution in [-0.4, -0.2) is 57.3 Å². The van der Waals surface area contributed by atoms with Gasteiger partial charge >= 0.3 is 0 Å².